The molecule has 6 nitrogen and oxygen atoms in total. The summed E-state index contributed by atoms with van der Waals surface area (Å²) >= 11 is 14.3. The quantitative estimate of drug-likeness (QED) is 0.410. The fourth-order valence-electron chi connectivity index (χ4n) is 4.44. The lowest BCUT2D eigenvalue weighted by Crippen LogP contribution is -2.57. The van der Waals surface area contributed by atoms with Gasteiger partial charge in [-0.25, -0.2) is 4.99 Å². The molecule has 2 atom stereocenters. The van der Waals surface area contributed by atoms with Crippen LogP contribution >= 0.6 is 34.5 Å². The Bertz CT molecular complexity index is 1390. The summed E-state index contributed by atoms with van der Waals surface area (Å²) in [5, 5.41) is 14.3. The van der Waals surface area contributed by atoms with Crippen LogP contribution in [-0.2, 0) is 11.2 Å². The Kier molecular flexibility index (Phi) is 5.90. The van der Waals surface area contributed by atoms with E-state index in [0.29, 0.717) is 15.9 Å². The molecule has 34 heavy (non-hydrogen) atoms. The van der Waals surface area contributed by atoms with Crippen molar-refractivity contribution in [2.45, 2.75) is 33.4 Å². The minimum Gasteiger partial charge on any atom is -0.325 e. The summed E-state index contributed by atoms with van der Waals surface area (Å²) in [4.78, 5) is 18.6. The number of fused-ring (bicyclic) bond motifs is 3. The lowest BCUT2D eigenvalue weighted by molar-refractivity contribution is -0.119. The summed E-state index contributed by atoms with van der Waals surface area (Å²) in [7, 11) is 0. The van der Waals surface area contributed by atoms with E-state index in [1.54, 1.807) is 11.3 Å². The highest BCUT2D eigenvalue weighted by Gasteiger charge is 2.55. The molecule has 5 rings (SSSR count). The maximum Gasteiger partial charge on any atom is 0.285 e. The maximum absolute atomic E-state index is 12.3. The van der Waals surface area contributed by atoms with Gasteiger partial charge in [0.05, 0.1) is 11.3 Å². The number of amides is 1. The normalized spacial score (nSPS) is 21.1. The molecule has 0 radical (unpaired) electrons. The van der Waals surface area contributed by atoms with E-state index in [-0.39, 0.29) is 10.4 Å². The molecule has 0 fully saturated rings. The van der Waals surface area contributed by atoms with Crippen LogP contribution in [0.15, 0.2) is 69.8 Å². The van der Waals surface area contributed by atoms with Crippen LogP contribution in [0.3, 0.4) is 0 Å². The second-order valence-corrected chi connectivity index (χ2v) is 10.1. The number of carbonyl (C=O) groups excluding carboxylic acids is 1. The molecule has 3 aromatic rings. The first-order valence-electron chi connectivity index (χ1n) is 10.9. The monoisotopic (exact) mass is 510 g/mol. The van der Waals surface area contributed by atoms with Gasteiger partial charge in [-0.05, 0) is 30.7 Å². The number of halogens is 2. The number of amidine groups is 2. The zero-order valence-electron chi connectivity index (χ0n) is 18.8. The Hall–Kier alpha value is -2.84. The summed E-state index contributed by atoms with van der Waals surface area (Å²) in [5.41, 5.74) is 3.53. The van der Waals surface area contributed by atoms with Crippen molar-refractivity contribution in [3.8, 4) is 0 Å². The lowest BCUT2D eigenvalue weighted by atomic mass is 10.0. The smallest absolute Gasteiger partial charge is 0.285 e. The Morgan fingerprint density at radius 1 is 1.09 bits per heavy atom. The van der Waals surface area contributed by atoms with E-state index in [0.717, 1.165) is 39.8 Å². The number of quaternary nitrogens is 1. The van der Waals surface area contributed by atoms with Crippen molar-refractivity contribution in [2.24, 2.45) is 15.2 Å². The molecule has 2 unspecified atom stereocenters. The molecule has 0 saturated heterocycles. The number of aryl methyl sites for hydroxylation is 1. The predicted octanol–water partition coefficient (Wildman–Crippen LogP) is 6.32. The first-order valence-corrected chi connectivity index (χ1v) is 12.4. The van der Waals surface area contributed by atoms with Crippen molar-refractivity contribution in [1.82, 2.24) is 9.80 Å². The second kappa shape index (κ2) is 8.74. The number of benzene rings is 2. The maximum atomic E-state index is 12.3. The molecule has 1 amide bonds. The Morgan fingerprint density at radius 2 is 1.85 bits per heavy atom. The van der Waals surface area contributed by atoms with Gasteiger partial charge in [0.1, 0.15) is 0 Å². The second-order valence-electron chi connectivity index (χ2n) is 8.13. The highest BCUT2D eigenvalue weighted by atomic mass is 35.5. The minimum absolute atomic E-state index is 0.145. The number of aliphatic imine (C=N–C) groups is 1. The third-order valence-electron chi connectivity index (χ3n) is 5.95. The van der Waals surface area contributed by atoms with E-state index in [4.69, 9.17) is 28.2 Å². The van der Waals surface area contributed by atoms with Crippen LogP contribution in [0.5, 0.6) is 0 Å². The molecule has 1 aromatic heterocycles. The third-order valence-corrected chi connectivity index (χ3v) is 7.80. The van der Waals surface area contributed by atoms with Crippen molar-refractivity contribution in [1.29, 1.82) is 0 Å². The number of rotatable bonds is 4. The molecule has 2 aliphatic heterocycles. The summed E-state index contributed by atoms with van der Waals surface area (Å²) in [6.07, 6.45) is 0.145. The van der Waals surface area contributed by atoms with Crippen molar-refractivity contribution < 1.29 is 4.79 Å². The molecule has 3 heterocycles. The van der Waals surface area contributed by atoms with Gasteiger partial charge < -0.3 is 5.32 Å². The number of nitrogens with one attached hydrogen (secondary N) is 1. The van der Waals surface area contributed by atoms with E-state index in [1.807, 2.05) is 55.5 Å². The third kappa shape index (κ3) is 3.60. The molecule has 9 heteroatoms. The molecule has 1 N–H and O–H groups in total. The molecule has 0 saturated carbocycles. The Morgan fingerprint density at radius 3 is 2.53 bits per heavy atom. The van der Waals surface area contributed by atoms with Crippen LogP contribution in [0.4, 0.5) is 10.7 Å². The molecular formula is C25H22Cl2N5OS+. The fraction of sp³-hybridized carbons (Fsp3) is 0.200. The van der Waals surface area contributed by atoms with E-state index in [9.17, 15) is 4.79 Å². The number of nitrogens with zero attached hydrogens (tertiary/aromatic N) is 4. The summed E-state index contributed by atoms with van der Waals surface area (Å²) in [6, 6.07) is 17.5. The largest absolute Gasteiger partial charge is 0.325 e. The lowest BCUT2D eigenvalue weighted by Gasteiger charge is -2.33. The molecule has 172 valence electrons. The standard InChI is InChI=1S/C25H21Cl2N5OS/c1-4-20-13-21-22(16-8-10-17(26)11-9-16)29-23(28-15(3)33)24-31-30-14(2)32(24,25(21)34-20)19-7-5-6-18(27)12-19/h5-13,23H,4H2,1-3H3/p+1. The van der Waals surface area contributed by atoms with Gasteiger partial charge in [0.15, 0.2) is 5.69 Å². The van der Waals surface area contributed by atoms with Gasteiger partial charge in [0.25, 0.3) is 5.84 Å². The van der Waals surface area contributed by atoms with Gasteiger partial charge in [0.2, 0.25) is 22.9 Å². The zero-order chi connectivity index (χ0) is 24.0. The molecule has 2 aliphatic rings. The van der Waals surface area contributed by atoms with Crippen molar-refractivity contribution >= 4 is 68.5 Å². The minimum atomic E-state index is -0.729. The average molecular weight is 511 g/mol. The number of thiophene rings is 1. The molecular weight excluding hydrogens is 489 g/mol. The van der Waals surface area contributed by atoms with Gasteiger partial charge in [-0.1, -0.05) is 69.9 Å². The average Bonchev–Trinajstić information content (AvgIpc) is 3.36. The molecule has 0 spiro atoms. The Labute approximate surface area is 211 Å². The number of carbonyl (C=O) groups is 1. The first-order chi connectivity index (χ1) is 16.3. The number of hydrogen-bond donors (Lipinski definition) is 1. The van der Waals surface area contributed by atoms with Crippen LogP contribution in [0.2, 0.25) is 10.0 Å². The topological polar surface area (TPSA) is 66.2 Å². The van der Waals surface area contributed by atoms with Crippen LogP contribution < -0.4 is 9.80 Å². The fourth-order valence-corrected chi connectivity index (χ4v) is 6.06. The summed E-state index contributed by atoms with van der Waals surface area (Å²) in [6.45, 7) is 5.56. The van der Waals surface area contributed by atoms with E-state index < -0.39 is 6.17 Å². The van der Waals surface area contributed by atoms with Crippen LogP contribution in [-0.4, -0.2) is 29.5 Å². The summed E-state index contributed by atoms with van der Waals surface area (Å²) in [5.74, 6) is 1.15. The van der Waals surface area contributed by atoms with E-state index in [1.165, 1.54) is 11.8 Å². The molecule has 2 aromatic carbocycles. The van der Waals surface area contributed by atoms with Crippen molar-refractivity contribution in [3.63, 3.8) is 0 Å². The van der Waals surface area contributed by atoms with E-state index in [2.05, 4.69) is 28.5 Å². The van der Waals surface area contributed by atoms with Crippen molar-refractivity contribution in [2.75, 3.05) is 0 Å². The first kappa shape index (κ1) is 22.9. The highest BCUT2D eigenvalue weighted by Crippen LogP contribution is 2.49. The van der Waals surface area contributed by atoms with Gasteiger partial charge in [0, 0.05) is 46.5 Å². The molecule has 0 bridgehead atoms. The predicted molar refractivity (Wildman–Crippen MR) is 142 cm³/mol. The van der Waals surface area contributed by atoms with Gasteiger partial charge in [-0.3, -0.25) is 4.79 Å². The summed E-state index contributed by atoms with van der Waals surface area (Å²) < 4.78 is 0.145. The van der Waals surface area contributed by atoms with Gasteiger partial charge in [-0.2, -0.15) is 4.48 Å². The number of hydrogen-bond acceptors (Lipinski definition) is 5. The van der Waals surface area contributed by atoms with Gasteiger partial charge in [-0.15, -0.1) is 0 Å². The highest BCUT2D eigenvalue weighted by molar-refractivity contribution is 7.16. The zero-order valence-corrected chi connectivity index (χ0v) is 21.2. The molecule has 0 aliphatic carbocycles. The SMILES string of the molecule is CCc1cc2c(s1)[N+]1(c3cccc(Cl)c3)C(C)=NN=C1C(NC(C)=O)N=C2c1ccc(Cl)cc1. The van der Waals surface area contributed by atoms with Gasteiger partial charge >= 0.3 is 0 Å². The van der Waals surface area contributed by atoms with Crippen LogP contribution in [0, 0.1) is 0 Å². The van der Waals surface area contributed by atoms with Crippen molar-refractivity contribution in [3.05, 3.63) is 80.6 Å². The van der Waals surface area contributed by atoms with Crippen LogP contribution in [0.1, 0.15) is 36.8 Å². The van der Waals surface area contributed by atoms with E-state index >= 15 is 0 Å². The Balaban J connectivity index is 1.87. The van der Waals surface area contributed by atoms with Crippen LogP contribution in [0.25, 0.3) is 0 Å².